The lowest BCUT2D eigenvalue weighted by Crippen LogP contribution is -2.47. The zero-order valence-electron chi connectivity index (χ0n) is 11.3. The van der Waals surface area contributed by atoms with Crippen molar-refractivity contribution in [1.29, 1.82) is 0 Å². The van der Waals surface area contributed by atoms with E-state index in [1.165, 1.54) is 18.6 Å². The van der Waals surface area contributed by atoms with Crippen LogP contribution in [0, 0.1) is 11.2 Å². The number of benzene rings is 1. The van der Waals surface area contributed by atoms with E-state index in [1.54, 1.807) is 6.07 Å². The Bertz CT molecular complexity index is 487. The monoisotopic (exact) mass is 327 g/mol. The Morgan fingerprint density at radius 1 is 1.42 bits per heavy atom. The fourth-order valence-corrected chi connectivity index (χ4v) is 3.00. The molecular weight excluding hydrogens is 309 g/mol. The molecule has 0 bridgehead atoms. The van der Waals surface area contributed by atoms with Gasteiger partial charge in [0.15, 0.2) is 0 Å². The average Bonchev–Trinajstić information content (AvgIpc) is 2.31. The van der Waals surface area contributed by atoms with Gasteiger partial charge >= 0.3 is 0 Å². The average molecular weight is 328 g/mol. The summed E-state index contributed by atoms with van der Waals surface area (Å²) < 4.78 is 14.4. The first-order valence-electron chi connectivity index (χ1n) is 6.66. The van der Waals surface area contributed by atoms with Crippen LogP contribution < -0.4 is 5.32 Å². The van der Waals surface area contributed by atoms with Crippen LogP contribution in [-0.4, -0.2) is 11.9 Å². The molecule has 19 heavy (non-hydrogen) atoms. The Labute approximate surface area is 121 Å². The van der Waals surface area contributed by atoms with E-state index < -0.39 is 5.82 Å². The summed E-state index contributed by atoms with van der Waals surface area (Å²) in [5.41, 5.74) is 0.198. The highest BCUT2D eigenvalue weighted by Gasteiger charge is 2.33. The predicted octanol–water partition coefficient (Wildman–Crippen LogP) is 4.29. The van der Waals surface area contributed by atoms with E-state index in [-0.39, 0.29) is 22.9 Å². The molecule has 1 aliphatic rings. The van der Waals surface area contributed by atoms with Gasteiger partial charge < -0.3 is 5.32 Å². The third kappa shape index (κ3) is 3.35. The first kappa shape index (κ1) is 14.5. The molecular formula is C15H19BrFNO. The van der Waals surface area contributed by atoms with Crippen molar-refractivity contribution in [1.82, 2.24) is 5.32 Å². The smallest absolute Gasteiger partial charge is 0.254 e. The molecule has 0 spiro atoms. The van der Waals surface area contributed by atoms with Gasteiger partial charge in [-0.05, 0) is 36.5 Å². The molecule has 4 heteroatoms. The van der Waals surface area contributed by atoms with Crippen LogP contribution in [0.25, 0.3) is 0 Å². The van der Waals surface area contributed by atoms with Crippen molar-refractivity contribution in [3.63, 3.8) is 0 Å². The number of hydrogen-bond acceptors (Lipinski definition) is 1. The predicted molar refractivity (Wildman–Crippen MR) is 77.6 cm³/mol. The van der Waals surface area contributed by atoms with Crippen LogP contribution in [0.3, 0.4) is 0 Å². The highest BCUT2D eigenvalue weighted by molar-refractivity contribution is 9.10. The van der Waals surface area contributed by atoms with E-state index in [0.717, 1.165) is 19.3 Å². The van der Waals surface area contributed by atoms with E-state index in [1.807, 2.05) is 0 Å². The molecule has 104 valence electrons. The molecule has 2 rings (SSSR count). The summed E-state index contributed by atoms with van der Waals surface area (Å²) in [4.78, 5) is 12.2. The maximum Gasteiger partial charge on any atom is 0.254 e. The number of nitrogens with one attached hydrogen (secondary N) is 1. The number of halogens is 2. The lowest BCUT2D eigenvalue weighted by Gasteiger charge is -2.39. The Morgan fingerprint density at radius 3 is 2.79 bits per heavy atom. The summed E-state index contributed by atoms with van der Waals surface area (Å²) in [6, 6.07) is 4.65. The molecule has 1 N–H and O–H groups in total. The summed E-state index contributed by atoms with van der Waals surface area (Å²) in [5, 5.41) is 2.99. The Hall–Kier alpha value is -0.900. The van der Waals surface area contributed by atoms with Crippen molar-refractivity contribution in [3.05, 3.63) is 34.1 Å². The molecule has 0 heterocycles. The van der Waals surface area contributed by atoms with Crippen molar-refractivity contribution >= 4 is 21.8 Å². The number of rotatable bonds is 2. The minimum absolute atomic E-state index is 0.0831. The fraction of sp³-hybridized carbons (Fsp3) is 0.533. The highest BCUT2D eigenvalue weighted by atomic mass is 79.9. The van der Waals surface area contributed by atoms with Crippen molar-refractivity contribution in [3.8, 4) is 0 Å². The molecule has 1 amide bonds. The largest absolute Gasteiger partial charge is 0.349 e. The summed E-state index contributed by atoms with van der Waals surface area (Å²) >= 11 is 3.19. The molecule has 2 nitrogen and oxygen atoms in total. The van der Waals surface area contributed by atoms with Gasteiger partial charge in [0.25, 0.3) is 5.91 Å². The second-order valence-corrected chi connectivity index (χ2v) is 6.80. The summed E-state index contributed by atoms with van der Waals surface area (Å²) in [7, 11) is 0. The Kier molecular flexibility index (Phi) is 4.29. The SMILES string of the molecule is CC1(C)CCCCC1NC(=O)c1ccc(Br)cc1F. The lowest BCUT2D eigenvalue weighted by atomic mass is 9.73. The van der Waals surface area contributed by atoms with Crippen molar-refractivity contribution in [2.45, 2.75) is 45.6 Å². The summed E-state index contributed by atoms with van der Waals surface area (Å²) in [6.07, 6.45) is 4.39. The van der Waals surface area contributed by atoms with Gasteiger partial charge in [0.2, 0.25) is 0 Å². The van der Waals surface area contributed by atoms with E-state index in [2.05, 4.69) is 35.1 Å². The van der Waals surface area contributed by atoms with Crippen molar-refractivity contribution < 1.29 is 9.18 Å². The van der Waals surface area contributed by atoms with E-state index in [0.29, 0.717) is 4.47 Å². The van der Waals surface area contributed by atoms with Crippen LogP contribution in [0.15, 0.2) is 22.7 Å². The summed E-state index contributed by atoms with van der Waals surface area (Å²) in [6.45, 7) is 4.32. The maximum absolute atomic E-state index is 13.8. The Balaban J connectivity index is 2.12. The maximum atomic E-state index is 13.8. The van der Waals surface area contributed by atoms with E-state index in [9.17, 15) is 9.18 Å². The molecule has 0 aliphatic heterocycles. The molecule has 1 unspecified atom stereocenters. The van der Waals surface area contributed by atoms with Crippen molar-refractivity contribution in [2.24, 2.45) is 5.41 Å². The molecule has 1 aliphatic carbocycles. The zero-order chi connectivity index (χ0) is 14.0. The van der Waals surface area contributed by atoms with Gasteiger partial charge in [-0.15, -0.1) is 0 Å². The third-order valence-electron chi connectivity index (χ3n) is 3.99. The highest BCUT2D eigenvalue weighted by Crippen LogP contribution is 2.35. The van der Waals surface area contributed by atoms with Gasteiger partial charge in [0.05, 0.1) is 5.56 Å². The minimum atomic E-state index is -0.486. The topological polar surface area (TPSA) is 29.1 Å². The normalized spacial score (nSPS) is 22.0. The van der Waals surface area contributed by atoms with Crippen LogP contribution in [0.2, 0.25) is 0 Å². The van der Waals surface area contributed by atoms with Crippen LogP contribution in [0.1, 0.15) is 49.9 Å². The van der Waals surface area contributed by atoms with Gasteiger partial charge in [-0.2, -0.15) is 0 Å². The molecule has 0 aromatic heterocycles. The van der Waals surface area contributed by atoms with Crippen LogP contribution >= 0.6 is 15.9 Å². The standard InChI is InChI=1S/C15H19BrFNO/c1-15(2)8-4-3-5-13(15)18-14(19)11-7-6-10(16)9-12(11)17/h6-7,9,13H,3-5,8H2,1-2H3,(H,18,19). The molecule has 1 aromatic rings. The molecule has 0 radical (unpaired) electrons. The minimum Gasteiger partial charge on any atom is -0.349 e. The molecule has 0 saturated heterocycles. The molecule has 1 aromatic carbocycles. The molecule has 1 fully saturated rings. The van der Waals surface area contributed by atoms with Gasteiger partial charge in [-0.3, -0.25) is 4.79 Å². The molecule has 1 saturated carbocycles. The fourth-order valence-electron chi connectivity index (χ4n) is 2.67. The number of hydrogen-bond donors (Lipinski definition) is 1. The van der Waals surface area contributed by atoms with E-state index in [4.69, 9.17) is 0 Å². The van der Waals surface area contributed by atoms with Gasteiger partial charge in [-0.25, -0.2) is 4.39 Å². The first-order valence-corrected chi connectivity index (χ1v) is 7.45. The first-order chi connectivity index (χ1) is 8.90. The number of carbonyl (C=O) groups excluding carboxylic acids is 1. The Morgan fingerprint density at radius 2 is 2.16 bits per heavy atom. The second-order valence-electron chi connectivity index (χ2n) is 5.88. The van der Waals surface area contributed by atoms with Crippen LogP contribution in [0.4, 0.5) is 4.39 Å². The van der Waals surface area contributed by atoms with Crippen molar-refractivity contribution in [2.75, 3.05) is 0 Å². The quantitative estimate of drug-likeness (QED) is 0.862. The number of amides is 1. The summed E-state index contributed by atoms with van der Waals surface area (Å²) in [5.74, 6) is -0.800. The lowest BCUT2D eigenvalue weighted by molar-refractivity contribution is 0.0849. The second kappa shape index (κ2) is 5.61. The zero-order valence-corrected chi connectivity index (χ0v) is 12.9. The van der Waals surface area contributed by atoms with Crippen LogP contribution in [-0.2, 0) is 0 Å². The third-order valence-corrected chi connectivity index (χ3v) is 4.48. The van der Waals surface area contributed by atoms with Gasteiger partial charge in [-0.1, -0.05) is 42.6 Å². The number of carbonyl (C=O) groups is 1. The van der Waals surface area contributed by atoms with Crippen LogP contribution in [0.5, 0.6) is 0 Å². The van der Waals surface area contributed by atoms with Gasteiger partial charge in [0.1, 0.15) is 5.82 Å². The van der Waals surface area contributed by atoms with E-state index >= 15 is 0 Å². The molecule has 1 atom stereocenters. The van der Waals surface area contributed by atoms with Gasteiger partial charge in [0, 0.05) is 10.5 Å².